The molecule has 0 atom stereocenters. The Balaban J connectivity index is 2.38. The Morgan fingerprint density at radius 2 is 2.29 bits per heavy atom. The Morgan fingerprint density at radius 3 is 3.00 bits per heavy atom. The Bertz CT molecular complexity index is 508. The molecule has 0 unspecified atom stereocenters. The van der Waals surface area contributed by atoms with E-state index in [0.29, 0.717) is 12.2 Å². The normalized spacial score (nSPS) is 10.5. The summed E-state index contributed by atoms with van der Waals surface area (Å²) in [6.07, 6.45) is 2.18. The van der Waals surface area contributed by atoms with Gasteiger partial charge in [0.1, 0.15) is 11.6 Å². The summed E-state index contributed by atoms with van der Waals surface area (Å²) in [7, 11) is 1.61. The second kappa shape index (κ2) is 4.88. The second-order valence-electron chi connectivity index (χ2n) is 3.64. The van der Waals surface area contributed by atoms with E-state index in [0.717, 1.165) is 17.0 Å². The number of aromatic nitrogens is 2. The molecule has 0 saturated carbocycles. The molecule has 0 aliphatic heterocycles. The molecule has 0 aliphatic carbocycles. The van der Waals surface area contributed by atoms with Gasteiger partial charge in [-0.05, 0) is 12.1 Å². The van der Waals surface area contributed by atoms with Crippen molar-refractivity contribution in [1.29, 1.82) is 0 Å². The SMILES string of the molecule is COc1cccc(-n2ncc(CCO)c2N)c1. The molecule has 17 heavy (non-hydrogen) atoms. The van der Waals surface area contributed by atoms with Gasteiger partial charge >= 0.3 is 0 Å². The van der Waals surface area contributed by atoms with Crippen LogP contribution in [0.4, 0.5) is 5.82 Å². The van der Waals surface area contributed by atoms with Crippen LogP contribution in [0.25, 0.3) is 5.69 Å². The molecule has 2 rings (SSSR count). The quantitative estimate of drug-likeness (QED) is 0.826. The van der Waals surface area contributed by atoms with Crippen LogP contribution < -0.4 is 10.5 Å². The van der Waals surface area contributed by atoms with E-state index in [1.165, 1.54) is 0 Å². The number of benzene rings is 1. The van der Waals surface area contributed by atoms with Crippen molar-refractivity contribution in [2.45, 2.75) is 6.42 Å². The van der Waals surface area contributed by atoms with E-state index < -0.39 is 0 Å². The minimum Gasteiger partial charge on any atom is -0.497 e. The van der Waals surface area contributed by atoms with Gasteiger partial charge < -0.3 is 15.6 Å². The maximum Gasteiger partial charge on any atom is 0.130 e. The molecule has 1 aromatic heterocycles. The Hall–Kier alpha value is -2.01. The number of hydrogen-bond donors (Lipinski definition) is 2. The van der Waals surface area contributed by atoms with E-state index in [4.69, 9.17) is 15.6 Å². The Kier molecular flexibility index (Phi) is 3.30. The lowest BCUT2D eigenvalue weighted by Crippen LogP contribution is -2.04. The predicted molar refractivity (Wildman–Crippen MR) is 65.3 cm³/mol. The first-order valence-corrected chi connectivity index (χ1v) is 5.34. The standard InChI is InChI=1S/C12H15N3O2/c1-17-11-4-2-3-10(7-11)15-12(13)9(5-6-16)8-14-15/h2-4,7-8,16H,5-6,13H2,1H3. The minimum atomic E-state index is 0.0635. The van der Waals surface area contributed by atoms with Crippen molar-refractivity contribution < 1.29 is 9.84 Å². The van der Waals surface area contributed by atoms with Crippen LogP contribution in [-0.2, 0) is 6.42 Å². The van der Waals surface area contributed by atoms with E-state index in [1.54, 1.807) is 18.0 Å². The number of aliphatic hydroxyl groups is 1. The summed E-state index contributed by atoms with van der Waals surface area (Å²) < 4.78 is 6.78. The first kappa shape index (κ1) is 11.5. The summed E-state index contributed by atoms with van der Waals surface area (Å²) in [6, 6.07) is 7.49. The average Bonchev–Trinajstić information content (AvgIpc) is 2.72. The van der Waals surface area contributed by atoms with Crippen LogP contribution in [0, 0.1) is 0 Å². The monoisotopic (exact) mass is 233 g/mol. The highest BCUT2D eigenvalue weighted by molar-refractivity contribution is 5.49. The molecular formula is C12H15N3O2. The van der Waals surface area contributed by atoms with Crippen LogP contribution in [0.3, 0.4) is 0 Å². The molecule has 1 aromatic carbocycles. The van der Waals surface area contributed by atoms with Gasteiger partial charge in [-0.25, -0.2) is 4.68 Å². The number of nitrogen functional groups attached to an aromatic ring is 1. The van der Waals surface area contributed by atoms with Crippen molar-refractivity contribution in [3.05, 3.63) is 36.0 Å². The number of anilines is 1. The molecule has 0 saturated heterocycles. The second-order valence-corrected chi connectivity index (χ2v) is 3.64. The minimum absolute atomic E-state index is 0.0635. The first-order chi connectivity index (χ1) is 8.26. The maximum absolute atomic E-state index is 8.89. The van der Waals surface area contributed by atoms with Crippen LogP contribution in [0.15, 0.2) is 30.5 Å². The van der Waals surface area contributed by atoms with Crippen molar-refractivity contribution in [3.8, 4) is 11.4 Å². The highest BCUT2D eigenvalue weighted by Crippen LogP contribution is 2.20. The number of aliphatic hydroxyl groups excluding tert-OH is 1. The van der Waals surface area contributed by atoms with Crippen LogP contribution in [0.2, 0.25) is 0 Å². The van der Waals surface area contributed by atoms with Crippen molar-refractivity contribution in [2.24, 2.45) is 0 Å². The summed E-state index contributed by atoms with van der Waals surface area (Å²) in [5.74, 6) is 1.30. The lowest BCUT2D eigenvalue weighted by atomic mass is 10.2. The highest BCUT2D eigenvalue weighted by atomic mass is 16.5. The summed E-state index contributed by atoms with van der Waals surface area (Å²) in [6.45, 7) is 0.0635. The maximum atomic E-state index is 8.89. The van der Waals surface area contributed by atoms with Gasteiger partial charge in [-0.1, -0.05) is 6.07 Å². The van der Waals surface area contributed by atoms with Gasteiger partial charge in [0.25, 0.3) is 0 Å². The zero-order valence-corrected chi connectivity index (χ0v) is 9.63. The highest BCUT2D eigenvalue weighted by Gasteiger charge is 2.08. The number of nitrogens with zero attached hydrogens (tertiary/aromatic N) is 2. The lowest BCUT2D eigenvalue weighted by molar-refractivity contribution is 0.300. The van der Waals surface area contributed by atoms with Gasteiger partial charge in [0, 0.05) is 24.7 Å². The smallest absolute Gasteiger partial charge is 0.130 e. The number of hydrogen-bond acceptors (Lipinski definition) is 4. The number of methoxy groups -OCH3 is 1. The van der Waals surface area contributed by atoms with Crippen molar-refractivity contribution in [2.75, 3.05) is 19.5 Å². The molecule has 0 spiro atoms. The van der Waals surface area contributed by atoms with Crippen LogP contribution in [0.5, 0.6) is 5.75 Å². The molecule has 0 radical (unpaired) electrons. The molecule has 0 amide bonds. The summed E-state index contributed by atoms with van der Waals surface area (Å²) in [4.78, 5) is 0. The zero-order chi connectivity index (χ0) is 12.3. The first-order valence-electron chi connectivity index (χ1n) is 5.34. The van der Waals surface area contributed by atoms with E-state index in [-0.39, 0.29) is 6.61 Å². The van der Waals surface area contributed by atoms with E-state index in [2.05, 4.69) is 5.10 Å². The number of nitrogens with two attached hydrogens (primary N) is 1. The van der Waals surface area contributed by atoms with Crippen molar-refractivity contribution >= 4 is 5.82 Å². The van der Waals surface area contributed by atoms with E-state index >= 15 is 0 Å². The van der Waals surface area contributed by atoms with Gasteiger partial charge in [-0.2, -0.15) is 5.10 Å². The van der Waals surface area contributed by atoms with Crippen molar-refractivity contribution in [1.82, 2.24) is 9.78 Å². The fourth-order valence-electron chi connectivity index (χ4n) is 1.65. The molecule has 0 aliphatic rings. The predicted octanol–water partition coefficient (Wildman–Crippen LogP) is 0.998. The molecule has 3 N–H and O–H groups in total. The molecule has 0 fully saturated rings. The molecule has 0 bridgehead atoms. The Morgan fingerprint density at radius 1 is 1.47 bits per heavy atom. The van der Waals surface area contributed by atoms with E-state index in [1.807, 2.05) is 24.3 Å². The summed E-state index contributed by atoms with van der Waals surface area (Å²) >= 11 is 0. The Labute approximate surface area is 99.4 Å². The number of ether oxygens (including phenoxy) is 1. The fraction of sp³-hybridized carbons (Fsp3) is 0.250. The molecule has 5 heteroatoms. The molecule has 90 valence electrons. The molecular weight excluding hydrogens is 218 g/mol. The van der Waals surface area contributed by atoms with Gasteiger partial charge in [0.15, 0.2) is 0 Å². The van der Waals surface area contributed by atoms with Crippen LogP contribution >= 0.6 is 0 Å². The molecule has 2 aromatic rings. The zero-order valence-electron chi connectivity index (χ0n) is 9.63. The van der Waals surface area contributed by atoms with Gasteiger partial charge in [0.2, 0.25) is 0 Å². The third-order valence-corrected chi connectivity index (χ3v) is 2.57. The van der Waals surface area contributed by atoms with Crippen LogP contribution in [0.1, 0.15) is 5.56 Å². The summed E-state index contributed by atoms with van der Waals surface area (Å²) in [5, 5.41) is 13.1. The van der Waals surface area contributed by atoms with Gasteiger partial charge in [0.05, 0.1) is 19.0 Å². The topological polar surface area (TPSA) is 73.3 Å². The van der Waals surface area contributed by atoms with Gasteiger partial charge in [-0.3, -0.25) is 0 Å². The molecule has 5 nitrogen and oxygen atoms in total. The average molecular weight is 233 g/mol. The van der Waals surface area contributed by atoms with Crippen LogP contribution in [-0.4, -0.2) is 28.6 Å². The van der Waals surface area contributed by atoms with Crippen molar-refractivity contribution in [3.63, 3.8) is 0 Å². The third kappa shape index (κ3) is 2.24. The molecule has 1 heterocycles. The lowest BCUT2D eigenvalue weighted by Gasteiger charge is -2.06. The number of rotatable bonds is 4. The summed E-state index contributed by atoms with van der Waals surface area (Å²) in [5.41, 5.74) is 7.64. The largest absolute Gasteiger partial charge is 0.497 e. The van der Waals surface area contributed by atoms with Gasteiger partial charge in [-0.15, -0.1) is 0 Å². The third-order valence-electron chi connectivity index (χ3n) is 2.57. The fourth-order valence-corrected chi connectivity index (χ4v) is 1.65. The van der Waals surface area contributed by atoms with E-state index in [9.17, 15) is 0 Å².